The van der Waals surface area contributed by atoms with Crippen molar-refractivity contribution in [2.24, 2.45) is 0 Å². The average molecular weight is 448 g/mol. The molecule has 0 saturated heterocycles. The normalized spacial score (nSPS) is 15.9. The fraction of sp³-hybridized carbons (Fsp3) is 0.458. The second kappa shape index (κ2) is 10.1. The summed E-state index contributed by atoms with van der Waals surface area (Å²) in [6, 6.07) is 7.61. The molecule has 1 saturated carbocycles. The zero-order chi connectivity index (χ0) is 23.3. The third-order valence-corrected chi connectivity index (χ3v) is 5.78. The van der Waals surface area contributed by atoms with E-state index in [1.165, 1.54) is 36.7 Å². The molecule has 1 aliphatic carbocycles. The second-order valence-electron chi connectivity index (χ2n) is 8.45. The molecule has 1 fully saturated rings. The summed E-state index contributed by atoms with van der Waals surface area (Å²) in [7, 11) is 0. The SMILES string of the molecule is CC(C)c1ccc(N(C(=O)C(F)(F)F)[C@@H](C(=O)NC2CCCCC2)c2ccncc2)cc1. The zero-order valence-corrected chi connectivity index (χ0v) is 18.2. The Labute approximate surface area is 186 Å². The standard InChI is InChI=1S/C24H28F3N3O2/c1-16(2)17-8-10-20(11-9-17)30(23(32)24(25,26)27)21(18-12-14-28-15-13-18)22(31)29-19-6-4-3-5-7-19/h8-16,19,21H,3-7H2,1-2H3,(H,29,31)/t21-/m1/s1. The van der Waals surface area contributed by atoms with Gasteiger partial charge in [0.2, 0.25) is 5.91 Å². The topological polar surface area (TPSA) is 62.3 Å². The lowest BCUT2D eigenvalue weighted by molar-refractivity contribution is -0.171. The van der Waals surface area contributed by atoms with Crippen LogP contribution in [0.2, 0.25) is 0 Å². The van der Waals surface area contributed by atoms with E-state index in [9.17, 15) is 22.8 Å². The van der Waals surface area contributed by atoms with Gasteiger partial charge < -0.3 is 5.32 Å². The van der Waals surface area contributed by atoms with Crippen LogP contribution in [0.15, 0.2) is 48.8 Å². The van der Waals surface area contributed by atoms with E-state index in [-0.39, 0.29) is 23.2 Å². The van der Waals surface area contributed by atoms with Crippen LogP contribution in [0.3, 0.4) is 0 Å². The van der Waals surface area contributed by atoms with Gasteiger partial charge in [-0.05, 0) is 54.2 Å². The molecule has 0 radical (unpaired) electrons. The number of halogens is 3. The van der Waals surface area contributed by atoms with Gasteiger partial charge in [0.1, 0.15) is 6.04 Å². The van der Waals surface area contributed by atoms with Crippen molar-refractivity contribution in [1.29, 1.82) is 0 Å². The van der Waals surface area contributed by atoms with E-state index in [1.54, 1.807) is 12.1 Å². The monoisotopic (exact) mass is 447 g/mol. The fourth-order valence-corrected chi connectivity index (χ4v) is 4.03. The molecule has 1 heterocycles. The Balaban J connectivity index is 2.05. The largest absolute Gasteiger partial charge is 0.471 e. The van der Waals surface area contributed by atoms with E-state index in [0.717, 1.165) is 37.7 Å². The number of nitrogens with zero attached hydrogens (tertiary/aromatic N) is 2. The summed E-state index contributed by atoms with van der Waals surface area (Å²) in [5, 5.41) is 2.88. The van der Waals surface area contributed by atoms with Crippen LogP contribution in [0.5, 0.6) is 0 Å². The number of aromatic nitrogens is 1. The first-order valence-corrected chi connectivity index (χ1v) is 10.9. The molecule has 32 heavy (non-hydrogen) atoms. The number of carbonyl (C=O) groups excluding carboxylic acids is 2. The molecule has 1 N–H and O–H groups in total. The number of alkyl halides is 3. The van der Waals surface area contributed by atoms with Crippen LogP contribution in [0.1, 0.15) is 69.0 Å². The van der Waals surface area contributed by atoms with Crippen LogP contribution in [0, 0.1) is 0 Å². The van der Waals surface area contributed by atoms with Gasteiger partial charge in [0.15, 0.2) is 0 Å². The lowest BCUT2D eigenvalue weighted by Gasteiger charge is -2.33. The third kappa shape index (κ3) is 5.66. The number of rotatable bonds is 6. The van der Waals surface area contributed by atoms with Crippen molar-refractivity contribution in [3.05, 3.63) is 59.9 Å². The van der Waals surface area contributed by atoms with Gasteiger partial charge in [-0.2, -0.15) is 13.2 Å². The van der Waals surface area contributed by atoms with Crippen molar-refractivity contribution in [2.75, 3.05) is 4.90 Å². The molecule has 0 unspecified atom stereocenters. The van der Waals surface area contributed by atoms with Crippen molar-refractivity contribution in [3.63, 3.8) is 0 Å². The second-order valence-corrected chi connectivity index (χ2v) is 8.45. The van der Waals surface area contributed by atoms with Gasteiger partial charge in [0.05, 0.1) is 0 Å². The van der Waals surface area contributed by atoms with Crippen molar-refractivity contribution >= 4 is 17.5 Å². The number of nitrogens with one attached hydrogen (secondary N) is 1. The highest BCUT2D eigenvalue weighted by molar-refractivity contribution is 6.03. The highest BCUT2D eigenvalue weighted by atomic mass is 19.4. The summed E-state index contributed by atoms with van der Waals surface area (Å²) in [6.07, 6.45) is 2.16. The molecule has 1 aromatic heterocycles. The maximum absolute atomic E-state index is 13.7. The predicted octanol–water partition coefficient (Wildman–Crippen LogP) is 5.29. The summed E-state index contributed by atoms with van der Waals surface area (Å²) in [5.41, 5.74) is 1.19. The minimum Gasteiger partial charge on any atom is -0.351 e. The van der Waals surface area contributed by atoms with Crippen molar-refractivity contribution in [3.8, 4) is 0 Å². The number of benzene rings is 1. The molecule has 5 nitrogen and oxygen atoms in total. The first-order chi connectivity index (χ1) is 15.2. The Kier molecular flexibility index (Phi) is 7.53. The van der Waals surface area contributed by atoms with E-state index >= 15 is 0 Å². The number of carbonyl (C=O) groups is 2. The summed E-state index contributed by atoms with van der Waals surface area (Å²) in [4.78, 5) is 30.4. The molecule has 2 aromatic rings. The van der Waals surface area contributed by atoms with Gasteiger partial charge in [0, 0.05) is 24.1 Å². The molecular formula is C24H28F3N3O2. The molecule has 2 amide bonds. The molecule has 3 rings (SSSR count). The summed E-state index contributed by atoms with van der Waals surface area (Å²) in [5.74, 6) is -2.55. The van der Waals surface area contributed by atoms with Crippen molar-refractivity contribution < 1.29 is 22.8 Å². The smallest absolute Gasteiger partial charge is 0.351 e. The van der Waals surface area contributed by atoms with Crippen LogP contribution < -0.4 is 10.2 Å². The minimum absolute atomic E-state index is 0.0114. The zero-order valence-electron chi connectivity index (χ0n) is 18.2. The summed E-state index contributed by atoms with van der Waals surface area (Å²) < 4.78 is 41.0. The number of amides is 2. The highest BCUT2D eigenvalue weighted by Gasteiger charge is 2.47. The summed E-state index contributed by atoms with van der Waals surface area (Å²) in [6.45, 7) is 3.93. The first-order valence-electron chi connectivity index (χ1n) is 10.9. The van der Waals surface area contributed by atoms with Crippen molar-refractivity contribution in [2.45, 2.75) is 70.1 Å². The van der Waals surface area contributed by atoms with Gasteiger partial charge in [-0.15, -0.1) is 0 Å². The van der Waals surface area contributed by atoms with Gasteiger partial charge in [-0.1, -0.05) is 45.2 Å². The Hall–Kier alpha value is -2.90. The maximum Gasteiger partial charge on any atom is 0.471 e. The van der Waals surface area contributed by atoms with E-state index in [0.29, 0.717) is 4.90 Å². The third-order valence-electron chi connectivity index (χ3n) is 5.78. The molecule has 0 spiro atoms. The minimum atomic E-state index is -5.15. The highest BCUT2D eigenvalue weighted by Crippen LogP contribution is 2.34. The molecule has 1 aromatic carbocycles. The van der Waals surface area contributed by atoms with Crippen LogP contribution >= 0.6 is 0 Å². The Bertz CT molecular complexity index is 908. The van der Waals surface area contributed by atoms with E-state index in [1.807, 2.05) is 13.8 Å². The van der Waals surface area contributed by atoms with Crippen molar-refractivity contribution in [1.82, 2.24) is 10.3 Å². The van der Waals surface area contributed by atoms with Gasteiger partial charge in [-0.3, -0.25) is 19.5 Å². The van der Waals surface area contributed by atoms with Crippen LogP contribution in [0.4, 0.5) is 18.9 Å². The van der Waals surface area contributed by atoms with E-state index < -0.39 is 24.0 Å². The molecule has 0 aliphatic heterocycles. The van der Waals surface area contributed by atoms with Crippen LogP contribution in [-0.2, 0) is 9.59 Å². The van der Waals surface area contributed by atoms with Crippen LogP contribution in [0.25, 0.3) is 0 Å². The van der Waals surface area contributed by atoms with Gasteiger partial charge in [0.25, 0.3) is 0 Å². The Morgan fingerprint density at radius 1 is 0.969 bits per heavy atom. The lowest BCUT2D eigenvalue weighted by Crippen LogP contribution is -2.50. The van der Waals surface area contributed by atoms with Crippen LogP contribution in [-0.4, -0.2) is 29.0 Å². The number of anilines is 1. The molecule has 172 valence electrons. The molecule has 1 atom stereocenters. The molecule has 0 bridgehead atoms. The number of hydrogen-bond acceptors (Lipinski definition) is 3. The van der Waals surface area contributed by atoms with E-state index in [4.69, 9.17) is 0 Å². The molecule has 1 aliphatic rings. The maximum atomic E-state index is 13.7. The predicted molar refractivity (Wildman–Crippen MR) is 116 cm³/mol. The molecular weight excluding hydrogens is 419 g/mol. The molecule has 8 heteroatoms. The fourth-order valence-electron chi connectivity index (χ4n) is 4.03. The van der Waals surface area contributed by atoms with Gasteiger partial charge in [-0.25, -0.2) is 0 Å². The Morgan fingerprint density at radius 2 is 1.56 bits per heavy atom. The quantitative estimate of drug-likeness (QED) is 0.655. The first kappa shape index (κ1) is 23.8. The Morgan fingerprint density at radius 3 is 2.09 bits per heavy atom. The lowest BCUT2D eigenvalue weighted by atomic mass is 9.94. The summed E-state index contributed by atoms with van der Waals surface area (Å²) >= 11 is 0. The average Bonchev–Trinajstić information content (AvgIpc) is 2.77. The van der Waals surface area contributed by atoms with E-state index in [2.05, 4.69) is 10.3 Å². The number of hydrogen-bond donors (Lipinski definition) is 1. The number of pyridine rings is 1. The van der Waals surface area contributed by atoms with Gasteiger partial charge >= 0.3 is 12.1 Å².